The summed E-state index contributed by atoms with van der Waals surface area (Å²) in [6.07, 6.45) is -3.47. The zero-order valence-electron chi connectivity index (χ0n) is 15.2. The Labute approximate surface area is 165 Å². The van der Waals surface area contributed by atoms with E-state index in [1.807, 2.05) is 0 Å². The molecule has 5 nitrogen and oxygen atoms in total. The van der Waals surface area contributed by atoms with E-state index in [0.717, 1.165) is 6.07 Å². The van der Waals surface area contributed by atoms with E-state index in [9.17, 15) is 26.4 Å². The molecule has 4 rings (SSSR count). The smallest absolute Gasteiger partial charge is 0.347 e. The molecule has 152 valence electrons. The highest BCUT2D eigenvalue weighted by Gasteiger charge is 2.41. The summed E-state index contributed by atoms with van der Waals surface area (Å²) in [6, 6.07) is 11.3. The van der Waals surface area contributed by atoms with Gasteiger partial charge in [0.2, 0.25) is 9.84 Å². The van der Waals surface area contributed by atoms with Crippen molar-refractivity contribution in [2.45, 2.75) is 30.5 Å². The first-order valence-electron chi connectivity index (χ1n) is 8.99. The van der Waals surface area contributed by atoms with Crippen molar-refractivity contribution in [2.24, 2.45) is 0 Å². The number of nitrogens with zero attached hydrogens (tertiary/aromatic N) is 1. The first kappa shape index (κ1) is 19.5. The van der Waals surface area contributed by atoms with Crippen LogP contribution in [0, 0.1) is 0 Å². The lowest BCUT2D eigenvalue weighted by Crippen LogP contribution is -2.35. The standard InChI is InChI=1S/C20H17F3N2O3S/c21-20(22,23)14-7-2-1-6-13(14)12-24-19(26)18-16-9-5-11-25(16)15-8-3-4-10-17(15)29(18,27)28/h1-4,6-8,10H,5,9,11-12H2,(H,24,26). The lowest BCUT2D eigenvalue weighted by atomic mass is 10.1. The Hall–Kier alpha value is -2.81. The van der Waals surface area contributed by atoms with E-state index >= 15 is 0 Å². The second-order valence-corrected chi connectivity index (χ2v) is 8.69. The summed E-state index contributed by atoms with van der Waals surface area (Å²) in [5, 5.41) is 2.38. The highest BCUT2D eigenvalue weighted by atomic mass is 32.2. The van der Waals surface area contributed by atoms with Gasteiger partial charge in [0.25, 0.3) is 5.91 Å². The lowest BCUT2D eigenvalue weighted by Gasteiger charge is -2.30. The van der Waals surface area contributed by atoms with E-state index in [1.54, 1.807) is 23.1 Å². The minimum Gasteiger partial charge on any atom is -0.347 e. The Morgan fingerprint density at radius 3 is 2.52 bits per heavy atom. The molecule has 0 radical (unpaired) electrons. The largest absolute Gasteiger partial charge is 0.416 e. The fourth-order valence-corrected chi connectivity index (χ4v) is 5.58. The van der Waals surface area contributed by atoms with Crippen molar-refractivity contribution in [3.63, 3.8) is 0 Å². The van der Waals surface area contributed by atoms with Crippen LogP contribution >= 0.6 is 0 Å². The maximum absolute atomic E-state index is 13.2. The number of hydrogen-bond acceptors (Lipinski definition) is 4. The number of alkyl halides is 3. The Kier molecular flexibility index (Phi) is 4.65. The molecule has 0 aromatic heterocycles. The molecule has 0 aliphatic carbocycles. The molecule has 2 aliphatic rings. The van der Waals surface area contributed by atoms with E-state index in [-0.39, 0.29) is 15.4 Å². The van der Waals surface area contributed by atoms with Crippen LogP contribution in [0.1, 0.15) is 24.0 Å². The number of carbonyl (C=O) groups is 1. The maximum atomic E-state index is 13.2. The number of para-hydroxylation sites is 1. The molecule has 1 saturated heterocycles. The van der Waals surface area contributed by atoms with Crippen LogP contribution in [0.15, 0.2) is 64.0 Å². The Morgan fingerprint density at radius 2 is 1.76 bits per heavy atom. The molecule has 9 heteroatoms. The average Bonchev–Trinajstić information content (AvgIpc) is 3.15. The second kappa shape index (κ2) is 6.91. The number of benzene rings is 2. The van der Waals surface area contributed by atoms with E-state index in [1.165, 1.54) is 24.3 Å². The molecule has 2 aromatic rings. The van der Waals surface area contributed by atoms with E-state index in [4.69, 9.17) is 0 Å². The fraction of sp³-hybridized carbons (Fsp3) is 0.250. The van der Waals surface area contributed by atoms with Crippen LogP contribution in [0.4, 0.5) is 18.9 Å². The number of nitrogens with one attached hydrogen (secondary N) is 1. The van der Waals surface area contributed by atoms with Crippen molar-refractivity contribution >= 4 is 21.4 Å². The normalized spacial score (nSPS) is 17.7. The number of carbonyl (C=O) groups excluding carboxylic acids is 1. The fourth-order valence-electron chi connectivity index (χ4n) is 3.81. The number of hydrogen-bond donors (Lipinski definition) is 1. The molecule has 0 bridgehead atoms. The van der Waals surface area contributed by atoms with Crippen LogP contribution in [-0.2, 0) is 27.4 Å². The first-order chi connectivity index (χ1) is 13.7. The third-order valence-electron chi connectivity index (χ3n) is 5.07. The van der Waals surface area contributed by atoms with Gasteiger partial charge in [0.1, 0.15) is 0 Å². The van der Waals surface area contributed by atoms with Crippen LogP contribution < -0.4 is 10.2 Å². The Balaban J connectivity index is 1.68. The van der Waals surface area contributed by atoms with Gasteiger partial charge in [0.15, 0.2) is 4.91 Å². The lowest BCUT2D eigenvalue weighted by molar-refractivity contribution is -0.138. The number of sulfone groups is 1. The minimum absolute atomic E-state index is 0.0338. The summed E-state index contributed by atoms with van der Waals surface area (Å²) >= 11 is 0. The summed E-state index contributed by atoms with van der Waals surface area (Å²) in [7, 11) is -4.08. The molecule has 1 N–H and O–H groups in total. The molecule has 0 saturated carbocycles. The molecule has 2 heterocycles. The van der Waals surface area contributed by atoms with Crippen LogP contribution in [0.2, 0.25) is 0 Å². The van der Waals surface area contributed by atoms with Crippen molar-refractivity contribution in [2.75, 3.05) is 11.4 Å². The van der Waals surface area contributed by atoms with Crippen LogP contribution in [0.25, 0.3) is 0 Å². The third kappa shape index (κ3) is 3.29. The van der Waals surface area contributed by atoms with E-state index < -0.39 is 34.0 Å². The van der Waals surface area contributed by atoms with Crippen LogP contribution in [-0.4, -0.2) is 20.9 Å². The number of rotatable bonds is 3. The summed E-state index contributed by atoms with van der Waals surface area (Å²) in [6.45, 7) is 0.151. The first-order valence-corrected chi connectivity index (χ1v) is 10.5. The maximum Gasteiger partial charge on any atom is 0.416 e. The molecule has 0 atom stereocenters. The van der Waals surface area contributed by atoms with Gasteiger partial charge in [0, 0.05) is 18.8 Å². The Morgan fingerprint density at radius 1 is 1.07 bits per heavy atom. The number of halogens is 3. The number of allylic oxidation sites excluding steroid dienone is 1. The predicted octanol–water partition coefficient (Wildman–Crippen LogP) is 3.62. The zero-order valence-corrected chi connectivity index (χ0v) is 16.0. The van der Waals surface area contributed by atoms with Crippen LogP contribution in [0.5, 0.6) is 0 Å². The molecule has 1 amide bonds. The number of anilines is 1. The summed E-state index contributed by atoms with van der Waals surface area (Å²) in [5.74, 6) is -0.890. The quantitative estimate of drug-likeness (QED) is 0.821. The minimum atomic E-state index is -4.57. The number of amides is 1. The monoisotopic (exact) mass is 422 g/mol. The summed E-state index contributed by atoms with van der Waals surface area (Å²) in [5.41, 5.74) is -0.0718. The topological polar surface area (TPSA) is 66.5 Å². The van der Waals surface area contributed by atoms with E-state index in [2.05, 4.69) is 5.32 Å². The van der Waals surface area contributed by atoms with Gasteiger partial charge in [0.05, 0.1) is 16.1 Å². The van der Waals surface area contributed by atoms with Gasteiger partial charge in [-0.2, -0.15) is 13.2 Å². The van der Waals surface area contributed by atoms with Gasteiger partial charge in [-0.1, -0.05) is 30.3 Å². The zero-order chi connectivity index (χ0) is 20.8. The SMILES string of the molecule is O=C(NCc1ccccc1C(F)(F)F)C1=C2CCCN2c2ccccc2S1(=O)=O. The molecule has 2 aliphatic heterocycles. The van der Waals surface area contributed by atoms with Gasteiger partial charge in [-0.3, -0.25) is 4.79 Å². The highest BCUT2D eigenvalue weighted by molar-refractivity contribution is 7.96. The predicted molar refractivity (Wildman–Crippen MR) is 101 cm³/mol. The molecule has 29 heavy (non-hydrogen) atoms. The van der Waals surface area contributed by atoms with Gasteiger partial charge in [-0.05, 0) is 36.6 Å². The average molecular weight is 422 g/mol. The van der Waals surface area contributed by atoms with Gasteiger partial charge < -0.3 is 10.2 Å². The summed E-state index contributed by atoms with van der Waals surface area (Å²) < 4.78 is 65.7. The van der Waals surface area contributed by atoms with Crippen molar-refractivity contribution in [3.8, 4) is 0 Å². The third-order valence-corrected chi connectivity index (χ3v) is 6.95. The van der Waals surface area contributed by atoms with Gasteiger partial charge >= 0.3 is 6.18 Å². The second-order valence-electron chi connectivity index (χ2n) is 6.84. The highest BCUT2D eigenvalue weighted by Crippen LogP contribution is 2.43. The Bertz CT molecular complexity index is 1120. The van der Waals surface area contributed by atoms with Crippen molar-refractivity contribution < 1.29 is 26.4 Å². The van der Waals surface area contributed by atoms with Crippen LogP contribution in [0.3, 0.4) is 0 Å². The molecule has 0 unspecified atom stereocenters. The molecular weight excluding hydrogens is 405 g/mol. The molecule has 2 aromatic carbocycles. The molecule has 1 fully saturated rings. The molecular formula is C20H17F3N2O3S. The van der Waals surface area contributed by atoms with Crippen molar-refractivity contribution in [1.29, 1.82) is 0 Å². The van der Waals surface area contributed by atoms with Crippen molar-refractivity contribution in [3.05, 3.63) is 70.3 Å². The number of fused-ring (bicyclic) bond motifs is 3. The van der Waals surface area contributed by atoms with Gasteiger partial charge in [-0.25, -0.2) is 8.42 Å². The van der Waals surface area contributed by atoms with Gasteiger partial charge in [-0.15, -0.1) is 0 Å². The van der Waals surface area contributed by atoms with Crippen molar-refractivity contribution in [1.82, 2.24) is 5.32 Å². The van der Waals surface area contributed by atoms with E-state index in [0.29, 0.717) is 30.8 Å². The summed E-state index contributed by atoms with van der Waals surface area (Å²) in [4.78, 5) is 14.3. The molecule has 0 spiro atoms.